The van der Waals surface area contributed by atoms with Crippen LogP contribution in [-0.4, -0.2) is 26.4 Å². The number of fused-ring (bicyclic) bond motifs is 1. The summed E-state index contributed by atoms with van der Waals surface area (Å²) in [5, 5.41) is 15.4. The topological polar surface area (TPSA) is 59.7 Å². The van der Waals surface area contributed by atoms with Crippen LogP contribution >= 0.6 is 23.1 Å². The Balaban J connectivity index is 1.53. The Bertz CT molecular complexity index is 793. The molecule has 2 N–H and O–H groups in total. The van der Waals surface area contributed by atoms with E-state index in [0.29, 0.717) is 11.8 Å². The van der Waals surface area contributed by atoms with E-state index >= 15 is 0 Å². The van der Waals surface area contributed by atoms with E-state index in [1.165, 1.54) is 23.8 Å². The van der Waals surface area contributed by atoms with Crippen molar-refractivity contribution in [3.05, 3.63) is 41.5 Å². The fourth-order valence-corrected chi connectivity index (χ4v) is 4.51. The highest BCUT2D eigenvalue weighted by molar-refractivity contribution is 8.00. The van der Waals surface area contributed by atoms with E-state index in [1.54, 1.807) is 23.9 Å². The highest BCUT2D eigenvalue weighted by Gasteiger charge is 2.27. The van der Waals surface area contributed by atoms with Crippen molar-refractivity contribution < 1.29 is 9.71 Å². The number of nitrogens with zero attached hydrogens (tertiary/aromatic N) is 4. The van der Waals surface area contributed by atoms with Crippen molar-refractivity contribution in [1.82, 2.24) is 19.8 Å². The standard InChI is InChI=1S/C14H14FN5S2/c15-10-4-1-3-9(7-10)8-21-14-19-20-12(11-5-2-6-16-11)17-18-13(20)22-14/h1,3-4,7,11,16H,2,5-6,8H2/p+1/t11-/m1/s1. The summed E-state index contributed by atoms with van der Waals surface area (Å²) in [6.07, 6.45) is 2.34. The van der Waals surface area contributed by atoms with Crippen molar-refractivity contribution in [2.45, 2.75) is 29.0 Å². The maximum atomic E-state index is 13.2. The van der Waals surface area contributed by atoms with Crippen LogP contribution in [0.5, 0.6) is 0 Å². The van der Waals surface area contributed by atoms with E-state index < -0.39 is 0 Å². The van der Waals surface area contributed by atoms with Gasteiger partial charge in [-0.05, 0) is 17.7 Å². The van der Waals surface area contributed by atoms with Crippen LogP contribution in [0.4, 0.5) is 4.39 Å². The second kappa shape index (κ2) is 5.94. The summed E-state index contributed by atoms with van der Waals surface area (Å²) in [4.78, 5) is 0.831. The van der Waals surface area contributed by atoms with Gasteiger partial charge in [0, 0.05) is 18.6 Å². The Morgan fingerprint density at radius 1 is 1.41 bits per heavy atom. The fourth-order valence-electron chi connectivity index (χ4n) is 2.69. The summed E-state index contributed by atoms with van der Waals surface area (Å²) in [6, 6.07) is 7.05. The number of hydrogen-bond donors (Lipinski definition) is 1. The van der Waals surface area contributed by atoms with Gasteiger partial charge in [0.15, 0.2) is 4.34 Å². The van der Waals surface area contributed by atoms with E-state index in [9.17, 15) is 4.39 Å². The van der Waals surface area contributed by atoms with Gasteiger partial charge in [-0.25, -0.2) is 4.39 Å². The zero-order valence-corrected chi connectivity index (χ0v) is 13.4. The normalized spacial score (nSPS) is 18.3. The summed E-state index contributed by atoms with van der Waals surface area (Å²) < 4.78 is 16.0. The van der Waals surface area contributed by atoms with Gasteiger partial charge in [-0.15, -0.1) is 15.3 Å². The highest BCUT2D eigenvalue weighted by atomic mass is 32.2. The van der Waals surface area contributed by atoms with Gasteiger partial charge in [0.25, 0.3) is 0 Å². The van der Waals surface area contributed by atoms with E-state index in [1.807, 2.05) is 10.6 Å². The Hall–Kier alpha value is -1.51. The molecule has 0 bridgehead atoms. The third-order valence-electron chi connectivity index (χ3n) is 3.75. The Morgan fingerprint density at radius 3 is 3.18 bits per heavy atom. The van der Waals surface area contributed by atoms with Crippen molar-refractivity contribution in [3.63, 3.8) is 0 Å². The lowest BCUT2D eigenvalue weighted by Crippen LogP contribution is -2.82. The molecule has 0 unspecified atom stereocenters. The minimum atomic E-state index is -0.199. The first kappa shape index (κ1) is 14.1. The van der Waals surface area contributed by atoms with Gasteiger partial charge in [0.1, 0.15) is 11.9 Å². The minimum absolute atomic E-state index is 0.199. The highest BCUT2D eigenvalue weighted by Crippen LogP contribution is 2.29. The zero-order chi connectivity index (χ0) is 14.9. The lowest BCUT2D eigenvalue weighted by atomic mass is 10.2. The molecule has 5 nitrogen and oxygen atoms in total. The summed E-state index contributed by atoms with van der Waals surface area (Å²) in [5.74, 6) is 1.45. The molecule has 1 aromatic carbocycles. The first-order valence-electron chi connectivity index (χ1n) is 7.22. The molecule has 1 aliphatic rings. The lowest BCUT2D eigenvalue weighted by molar-refractivity contribution is -0.677. The van der Waals surface area contributed by atoms with E-state index in [0.717, 1.165) is 33.7 Å². The summed E-state index contributed by atoms with van der Waals surface area (Å²) in [6.45, 7) is 1.14. The molecular formula is C14H15FN5S2+. The molecule has 0 spiro atoms. The summed E-state index contributed by atoms with van der Waals surface area (Å²) in [7, 11) is 0. The van der Waals surface area contributed by atoms with Gasteiger partial charge in [0.05, 0.1) is 6.54 Å². The molecule has 0 aliphatic carbocycles. The first-order chi connectivity index (χ1) is 10.8. The molecule has 1 fully saturated rings. The molecule has 0 saturated carbocycles. The Labute approximate surface area is 135 Å². The number of halogens is 1. The molecule has 114 valence electrons. The van der Waals surface area contributed by atoms with E-state index in [-0.39, 0.29) is 5.82 Å². The van der Waals surface area contributed by atoms with Gasteiger partial charge < -0.3 is 5.32 Å². The van der Waals surface area contributed by atoms with Crippen LogP contribution in [-0.2, 0) is 5.75 Å². The number of quaternary nitrogens is 1. The third-order valence-corrected chi connectivity index (χ3v) is 5.85. The quantitative estimate of drug-likeness (QED) is 0.741. The number of thioether (sulfide) groups is 1. The van der Waals surface area contributed by atoms with Crippen LogP contribution in [0.1, 0.15) is 30.3 Å². The minimum Gasteiger partial charge on any atom is -0.337 e. The molecule has 0 radical (unpaired) electrons. The largest absolute Gasteiger partial charge is 0.337 e. The third kappa shape index (κ3) is 2.73. The van der Waals surface area contributed by atoms with Crippen molar-refractivity contribution in [2.75, 3.05) is 6.54 Å². The van der Waals surface area contributed by atoms with Crippen LogP contribution in [0.25, 0.3) is 4.96 Å². The smallest absolute Gasteiger partial charge is 0.235 e. The monoisotopic (exact) mass is 336 g/mol. The molecule has 3 heterocycles. The van der Waals surface area contributed by atoms with Gasteiger partial charge in [-0.1, -0.05) is 35.2 Å². The fraction of sp³-hybridized carbons (Fsp3) is 0.357. The van der Waals surface area contributed by atoms with Gasteiger partial charge >= 0.3 is 0 Å². The summed E-state index contributed by atoms with van der Waals surface area (Å²) in [5.41, 5.74) is 0.959. The lowest BCUT2D eigenvalue weighted by Gasteiger charge is -2.02. The van der Waals surface area contributed by atoms with E-state index in [2.05, 4.69) is 20.6 Å². The van der Waals surface area contributed by atoms with Crippen molar-refractivity contribution >= 4 is 28.1 Å². The van der Waals surface area contributed by atoms with Crippen LogP contribution in [0.2, 0.25) is 0 Å². The van der Waals surface area contributed by atoms with Gasteiger partial charge in [-0.3, -0.25) is 0 Å². The molecule has 1 aliphatic heterocycles. The molecule has 22 heavy (non-hydrogen) atoms. The molecular weight excluding hydrogens is 321 g/mol. The van der Waals surface area contributed by atoms with Crippen LogP contribution in [0, 0.1) is 5.82 Å². The zero-order valence-electron chi connectivity index (χ0n) is 11.8. The molecule has 4 rings (SSSR count). The number of nitrogens with two attached hydrogens (primary N) is 1. The van der Waals surface area contributed by atoms with Crippen molar-refractivity contribution in [1.29, 1.82) is 0 Å². The molecule has 2 aromatic heterocycles. The number of hydrogen-bond acceptors (Lipinski definition) is 5. The molecule has 3 aromatic rings. The maximum absolute atomic E-state index is 13.2. The average Bonchev–Trinajstić information content (AvgIpc) is 3.21. The van der Waals surface area contributed by atoms with Crippen LogP contribution in [0.3, 0.4) is 0 Å². The van der Waals surface area contributed by atoms with Gasteiger partial charge in [0.2, 0.25) is 10.8 Å². The Kier molecular flexibility index (Phi) is 3.81. The molecule has 1 atom stereocenters. The van der Waals surface area contributed by atoms with Gasteiger partial charge in [-0.2, -0.15) is 4.52 Å². The van der Waals surface area contributed by atoms with E-state index in [4.69, 9.17) is 0 Å². The van der Waals surface area contributed by atoms with Crippen LogP contribution in [0.15, 0.2) is 28.6 Å². The molecule has 0 amide bonds. The van der Waals surface area contributed by atoms with Crippen LogP contribution < -0.4 is 5.32 Å². The predicted molar refractivity (Wildman–Crippen MR) is 83.4 cm³/mol. The van der Waals surface area contributed by atoms with Crippen molar-refractivity contribution in [2.24, 2.45) is 0 Å². The number of benzene rings is 1. The first-order valence-corrected chi connectivity index (χ1v) is 9.02. The SMILES string of the molecule is Fc1cccc(CSc2nn3c([C@H]4CCC[NH2+]4)nnc3s2)c1. The number of aromatic nitrogens is 4. The Morgan fingerprint density at radius 2 is 2.36 bits per heavy atom. The molecule has 8 heteroatoms. The predicted octanol–water partition coefficient (Wildman–Crippen LogP) is 2.02. The average molecular weight is 336 g/mol. The summed E-state index contributed by atoms with van der Waals surface area (Å²) >= 11 is 3.14. The second-order valence-electron chi connectivity index (χ2n) is 5.31. The molecule has 1 saturated heterocycles. The number of rotatable bonds is 4. The maximum Gasteiger partial charge on any atom is 0.235 e. The second-order valence-corrected chi connectivity index (χ2v) is 7.49. The van der Waals surface area contributed by atoms with Crippen molar-refractivity contribution in [3.8, 4) is 0 Å².